The van der Waals surface area contributed by atoms with E-state index in [0.717, 1.165) is 0 Å². The average Bonchev–Trinajstić information content (AvgIpc) is 2.57. The number of carboxylic acids is 1. The van der Waals surface area contributed by atoms with E-state index in [1.165, 1.54) is 8.61 Å². The lowest BCUT2D eigenvalue weighted by Crippen LogP contribution is -2.58. The van der Waals surface area contributed by atoms with Crippen LogP contribution in [0.1, 0.15) is 26.7 Å². The molecular formula is C15H28N4O6S. The Kier molecular flexibility index (Phi) is 7.21. The summed E-state index contributed by atoms with van der Waals surface area (Å²) in [6.07, 6.45) is 0.0729. The SMILES string of the molecule is CC1CN(S(=O)(=O)N2CCN(C(=O)NCCCC(=O)O)CC2)CC(C)O1. The van der Waals surface area contributed by atoms with Crippen molar-refractivity contribution in [3.05, 3.63) is 0 Å². The third-order valence-corrected chi connectivity index (χ3v) is 6.38. The predicted molar refractivity (Wildman–Crippen MR) is 93.9 cm³/mol. The molecule has 2 unspecified atom stereocenters. The summed E-state index contributed by atoms with van der Waals surface area (Å²) >= 11 is 0. The van der Waals surface area contributed by atoms with Crippen LogP contribution in [0.15, 0.2) is 0 Å². The number of nitrogens with zero attached hydrogens (tertiary/aromatic N) is 3. The van der Waals surface area contributed by atoms with Crippen LogP contribution in [-0.2, 0) is 19.7 Å². The van der Waals surface area contributed by atoms with Gasteiger partial charge in [0.05, 0.1) is 12.2 Å². The molecule has 2 saturated heterocycles. The Labute approximate surface area is 154 Å². The second-order valence-electron chi connectivity index (χ2n) is 6.70. The van der Waals surface area contributed by atoms with Crippen molar-refractivity contribution in [1.82, 2.24) is 18.8 Å². The quantitative estimate of drug-likeness (QED) is 0.590. The van der Waals surface area contributed by atoms with E-state index in [1.807, 2.05) is 13.8 Å². The van der Waals surface area contributed by atoms with Crippen LogP contribution in [0.4, 0.5) is 4.79 Å². The van der Waals surface area contributed by atoms with E-state index in [4.69, 9.17) is 9.84 Å². The van der Waals surface area contributed by atoms with Crippen LogP contribution < -0.4 is 5.32 Å². The molecule has 0 aromatic carbocycles. The topological polar surface area (TPSA) is 119 Å². The van der Waals surface area contributed by atoms with Gasteiger partial charge in [-0.2, -0.15) is 17.0 Å². The number of amides is 2. The van der Waals surface area contributed by atoms with Gasteiger partial charge in [-0.25, -0.2) is 4.79 Å². The second-order valence-corrected chi connectivity index (χ2v) is 8.63. The zero-order chi connectivity index (χ0) is 19.3. The van der Waals surface area contributed by atoms with Gasteiger partial charge in [-0.05, 0) is 20.3 Å². The average molecular weight is 392 g/mol. The van der Waals surface area contributed by atoms with E-state index in [0.29, 0.717) is 32.6 Å². The van der Waals surface area contributed by atoms with Gasteiger partial charge >= 0.3 is 12.0 Å². The van der Waals surface area contributed by atoms with Crippen molar-refractivity contribution < 1.29 is 27.9 Å². The van der Waals surface area contributed by atoms with Gasteiger partial charge in [0.25, 0.3) is 10.2 Å². The number of urea groups is 1. The third kappa shape index (κ3) is 5.53. The Bertz CT molecular complexity index is 595. The highest BCUT2D eigenvalue weighted by atomic mass is 32.2. The number of ether oxygens (including phenoxy) is 1. The fourth-order valence-electron chi connectivity index (χ4n) is 3.15. The van der Waals surface area contributed by atoms with Crippen molar-refractivity contribution in [3.8, 4) is 0 Å². The molecule has 150 valence electrons. The summed E-state index contributed by atoms with van der Waals surface area (Å²) in [5, 5.41) is 11.2. The molecule has 0 aliphatic carbocycles. The molecule has 11 heteroatoms. The molecule has 2 fully saturated rings. The highest BCUT2D eigenvalue weighted by Crippen LogP contribution is 2.18. The molecule has 0 spiro atoms. The molecule has 10 nitrogen and oxygen atoms in total. The molecule has 2 atom stereocenters. The molecule has 2 amide bonds. The van der Waals surface area contributed by atoms with Gasteiger partial charge in [-0.3, -0.25) is 4.79 Å². The molecule has 0 aromatic heterocycles. The summed E-state index contributed by atoms with van der Waals surface area (Å²) in [7, 11) is -3.57. The van der Waals surface area contributed by atoms with Crippen molar-refractivity contribution in [3.63, 3.8) is 0 Å². The van der Waals surface area contributed by atoms with Gasteiger partial charge in [-0.1, -0.05) is 0 Å². The van der Waals surface area contributed by atoms with Gasteiger partial charge in [0.15, 0.2) is 0 Å². The van der Waals surface area contributed by atoms with Crippen LogP contribution in [0, 0.1) is 0 Å². The smallest absolute Gasteiger partial charge is 0.317 e. The van der Waals surface area contributed by atoms with Gasteiger partial charge < -0.3 is 20.1 Å². The minimum atomic E-state index is -3.57. The molecule has 26 heavy (non-hydrogen) atoms. The van der Waals surface area contributed by atoms with Crippen LogP contribution in [0.25, 0.3) is 0 Å². The second kappa shape index (κ2) is 8.98. The summed E-state index contributed by atoms with van der Waals surface area (Å²) in [6, 6.07) is -0.291. The standard InChI is InChI=1S/C15H28N4O6S/c1-12-10-19(11-13(2)25-12)26(23,24)18-8-6-17(7-9-18)15(22)16-5-3-4-14(20)21/h12-13H,3-11H2,1-2H3,(H,16,22)(H,20,21). The molecule has 0 saturated carbocycles. The Morgan fingerprint density at radius 3 is 2.19 bits per heavy atom. The van der Waals surface area contributed by atoms with Gasteiger partial charge in [0, 0.05) is 52.2 Å². The maximum Gasteiger partial charge on any atom is 0.317 e. The number of carbonyl (C=O) groups excluding carboxylic acids is 1. The number of piperazine rings is 1. The molecule has 2 aliphatic rings. The first-order valence-corrected chi connectivity index (χ1v) is 10.2. The monoisotopic (exact) mass is 392 g/mol. The minimum absolute atomic E-state index is 0.00267. The van der Waals surface area contributed by atoms with Crippen molar-refractivity contribution in [2.75, 3.05) is 45.8 Å². The molecule has 2 aliphatic heterocycles. The molecule has 0 radical (unpaired) electrons. The molecule has 2 N–H and O–H groups in total. The summed E-state index contributed by atoms with van der Waals surface area (Å²) < 4.78 is 34.1. The van der Waals surface area contributed by atoms with E-state index in [2.05, 4.69) is 5.32 Å². The Morgan fingerprint density at radius 1 is 1.08 bits per heavy atom. The van der Waals surface area contributed by atoms with Gasteiger partial charge in [0.2, 0.25) is 0 Å². The zero-order valence-corrected chi connectivity index (χ0v) is 16.1. The number of carbonyl (C=O) groups is 2. The fraction of sp³-hybridized carbons (Fsp3) is 0.867. The lowest BCUT2D eigenvalue weighted by atomic mass is 10.3. The minimum Gasteiger partial charge on any atom is -0.481 e. The van der Waals surface area contributed by atoms with Crippen molar-refractivity contribution in [2.45, 2.75) is 38.9 Å². The lowest BCUT2D eigenvalue weighted by Gasteiger charge is -2.40. The Morgan fingerprint density at radius 2 is 1.65 bits per heavy atom. The predicted octanol–water partition coefficient (Wildman–Crippen LogP) is -0.468. The van der Waals surface area contributed by atoms with E-state index < -0.39 is 16.2 Å². The number of hydrogen-bond acceptors (Lipinski definition) is 5. The number of rotatable bonds is 6. The molecule has 2 heterocycles. The van der Waals surface area contributed by atoms with E-state index in [-0.39, 0.29) is 44.3 Å². The number of carboxylic acid groups (broad SMARTS) is 1. The number of nitrogens with one attached hydrogen (secondary N) is 1. The number of morpholine rings is 1. The first-order chi connectivity index (χ1) is 12.2. The van der Waals surface area contributed by atoms with Crippen LogP contribution in [0.3, 0.4) is 0 Å². The number of hydrogen-bond donors (Lipinski definition) is 2. The summed E-state index contributed by atoms with van der Waals surface area (Å²) in [5.41, 5.74) is 0. The summed E-state index contributed by atoms with van der Waals surface area (Å²) in [4.78, 5) is 24.1. The molecule has 0 aromatic rings. The van der Waals surface area contributed by atoms with E-state index >= 15 is 0 Å². The normalized spacial score (nSPS) is 25.8. The number of aliphatic carboxylic acids is 1. The van der Waals surface area contributed by atoms with Crippen LogP contribution in [-0.4, -0.2) is 97.1 Å². The maximum absolute atomic E-state index is 12.8. The van der Waals surface area contributed by atoms with Crippen LogP contribution >= 0.6 is 0 Å². The first kappa shape index (κ1) is 20.9. The first-order valence-electron chi connectivity index (χ1n) is 8.85. The van der Waals surface area contributed by atoms with Crippen LogP contribution in [0.5, 0.6) is 0 Å². The van der Waals surface area contributed by atoms with Crippen molar-refractivity contribution in [2.24, 2.45) is 0 Å². The summed E-state index contributed by atoms with van der Waals surface area (Å²) in [6.45, 7) is 5.74. The third-order valence-electron chi connectivity index (χ3n) is 4.41. The molecule has 0 bridgehead atoms. The van der Waals surface area contributed by atoms with Crippen LogP contribution in [0.2, 0.25) is 0 Å². The van der Waals surface area contributed by atoms with E-state index in [1.54, 1.807) is 4.90 Å². The lowest BCUT2D eigenvalue weighted by molar-refractivity contribution is -0.137. The molecular weight excluding hydrogens is 364 g/mol. The van der Waals surface area contributed by atoms with E-state index in [9.17, 15) is 18.0 Å². The fourth-order valence-corrected chi connectivity index (χ4v) is 4.90. The van der Waals surface area contributed by atoms with Crippen molar-refractivity contribution >= 4 is 22.2 Å². The van der Waals surface area contributed by atoms with Gasteiger partial charge in [-0.15, -0.1) is 0 Å². The Balaban J connectivity index is 1.81. The van der Waals surface area contributed by atoms with Crippen molar-refractivity contribution in [1.29, 1.82) is 0 Å². The maximum atomic E-state index is 12.8. The highest BCUT2D eigenvalue weighted by molar-refractivity contribution is 7.86. The Hall–Kier alpha value is -1.43. The molecule has 2 rings (SSSR count). The summed E-state index contributed by atoms with van der Waals surface area (Å²) in [5.74, 6) is -0.898. The highest BCUT2D eigenvalue weighted by Gasteiger charge is 2.37. The largest absolute Gasteiger partial charge is 0.481 e. The van der Waals surface area contributed by atoms with Gasteiger partial charge in [0.1, 0.15) is 0 Å². The zero-order valence-electron chi connectivity index (χ0n) is 15.3.